The largest absolute Gasteiger partial charge is 0.491 e. The van der Waals surface area contributed by atoms with E-state index in [4.69, 9.17) is 21.1 Å². The van der Waals surface area contributed by atoms with Crippen LogP contribution in [0, 0.1) is 0 Å². The summed E-state index contributed by atoms with van der Waals surface area (Å²) < 4.78 is 11.8. The van der Waals surface area contributed by atoms with Crippen LogP contribution in [-0.4, -0.2) is 54.4 Å². The maximum atomic E-state index is 11.3. The second-order valence-electron chi connectivity index (χ2n) is 8.49. The molecule has 2 atom stereocenters. The molecule has 0 aliphatic carbocycles. The summed E-state index contributed by atoms with van der Waals surface area (Å²) >= 11 is 5.92. The van der Waals surface area contributed by atoms with Gasteiger partial charge in [-0.2, -0.15) is 0 Å². The van der Waals surface area contributed by atoms with E-state index in [9.17, 15) is 9.90 Å². The zero-order valence-corrected chi connectivity index (χ0v) is 19.9. The molecule has 1 saturated heterocycles. The molecule has 178 valence electrons. The number of aliphatic hydroxyl groups excluding tert-OH is 1. The Morgan fingerprint density at radius 1 is 1.09 bits per heavy atom. The standard InChI is InChI=1S/C27H29ClN2O4/c1-19(31)29-23-4-2-3-21(15-23)20-5-9-25(10-6-20)33-18-24(32)16-30-14-13-27(17-30)34-26-11-7-22(28)8-12-26/h2-12,15,24,27,32H,13-14,16-18H2,1H3,(H,29,31). The number of aliphatic hydroxyl groups is 1. The van der Waals surface area contributed by atoms with Crippen LogP contribution in [0.25, 0.3) is 11.1 Å². The molecule has 0 aromatic heterocycles. The van der Waals surface area contributed by atoms with Crippen molar-refractivity contribution in [2.75, 3.05) is 31.6 Å². The normalized spacial score (nSPS) is 16.7. The van der Waals surface area contributed by atoms with E-state index in [0.29, 0.717) is 17.3 Å². The molecule has 7 heteroatoms. The molecule has 34 heavy (non-hydrogen) atoms. The minimum absolute atomic E-state index is 0.0991. The Morgan fingerprint density at radius 3 is 2.56 bits per heavy atom. The average molecular weight is 481 g/mol. The number of likely N-dealkylation sites (tertiary alicyclic amines) is 1. The Bertz CT molecular complexity index is 1090. The lowest BCUT2D eigenvalue weighted by atomic mass is 10.0. The smallest absolute Gasteiger partial charge is 0.221 e. The van der Waals surface area contributed by atoms with Crippen molar-refractivity contribution in [2.45, 2.75) is 25.6 Å². The Balaban J connectivity index is 1.22. The van der Waals surface area contributed by atoms with Crippen molar-refractivity contribution < 1.29 is 19.4 Å². The summed E-state index contributed by atoms with van der Waals surface area (Å²) in [6.07, 6.45) is 0.426. The molecular weight excluding hydrogens is 452 g/mol. The number of ether oxygens (including phenoxy) is 2. The van der Waals surface area contributed by atoms with E-state index in [2.05, 4.69) is 10.2 Å². The van der Waals surface area contributed by atoms with Gasteiger partial charge in [-0.05, 0) is 66.1 Å². The summed E-state index contributed by atoms with van der Waals surface area (Å²) in [6, 6.07) is 22.8. The Hall–Kier alpha value is -3.06. The van der Waals surface area contributed by atoms with E-state index in [0.717, 1.165) is 42.1 Å². The Morgan fingerprint density at radius 2 is 1.82 bits per heavy atom. The fourth-order valence-corrected chi connectivity index (χ4v) is 4.16. The lowest BCUT2D eigenvalue weighted by Gasteiger charge is -2.20. The van der Waals surface area contributed by atoms with Crippen LogP contribution in [0.3, 0.4) is 0 Å². The number of anilines is 1. The number of carbonyl (C=O) groups is 1. The highest BCUT2D eigenvalue weighted by Crippen LogP contribution is 2.25. The van der Waals surface area contributed by atoms with Crippen molar-refractivity contribution in [3.63, 3.8) is 0 Å². The first-order chi connectivity index (χ1) is 16.4. The lowest BCUT2D eigenvalue weighted by Crippen LogP contribution is -2.35. The van der Waals surface area contributed by atoms with Gasteiger partial charge in [-0.25, -0.2) is 0 Å². The average Bonchev–Trinajstić information content (AvgIpc) is 3.26. The van der Waals surface area contributed by atoms with Gasteiger partial charge in [-0.1, -0.05) is 35.9 Å². The number of nitrogens with one attached hydrogen (secondary N) is 1. The van der Waals surface area contributed by atoms with Gasteiger partial charge in [0.25, 0.3) is 0 Å². The highest BCUT2D eigenvalue weighted by atomic mass is 35.5. The van der Waals surface area contributed by atoms with Crippen molar-refractivity contribution in [1.82, 2.24) is 4.90 Å². The van der Waals surface area contributed by atoms with Gasteiger partial charge in [0, 0.05) is 37.3 Å². The SMILES string of the molecule is CC(=O)Nc1cccc(-c2ccc(OCC(O)CN3CCC(Oc4ccc(Cl)cc4)C3)cc2)c1. The summed E-state index contributed by atoms with van der Waals surface area (Å²) in [4.78, 5) is 13.5. The zero-order chi connectivity index (χ0) is 23.9. The summed E-state index contributed by atoms with van der Waals surface area (Å²) in [5.41, 5.74) is 2.78. The third kappa shape index (κ3) is 6.97. The molecule has 1 heterocycles. The number of rotatable bonds is 9. The predicted octanol–water partition coefficient (Wildman–Crippen LogP) is 4.86. The van der Waals surface area contributed by atoms with E-state index in [1.54, 1.807) is 0 Å². The van der Waals surface area contributed by atoms with Gasteiger partial charge in [0.05, 0.1) is 0 Å². The second-order valence-corrected chi connectivity index (χ2v) is 8.93. The van der Waals surface area contributed by atoms with Crippen LogP contribution in [-0.2, 0) is 4.79 Å². The molecule has 2 unspecified atom stereocenters. The molecule has 3 aromatic rings. The van der Waals surface area contributed by atoms with E-state index >= 15 is 0 Å². The minimum atomic E-state index is -0.594. The monoisotopic (exact) mass is 480 g/mol. The summed E-state index contributed by atoms with van der Waals surface area (Å²) in [6.45, 7) is 3.89. The molecule has 1 aliphatic heterocycles. The molecule has 1 fully saturated rings. The summed E-state index contributed by atoms with van der Waals surface area (Å²) in [5.74, 6) is 1.41. The first-order valence-corrected chi connectivity index (χ1v) is 11.8. The van der Waals surface area contributed by atoms with E-state index < -0.39 is 6.10 Å². The van der Waals surface area contributed by atoms with Crippen LogP contribution in [0.2, 0.25) is 5.02 Å². The molecule has 0 spiro atoms. The van der Waals surface area contributed by atoms with Crippen LogP contribution in [0.4, 0.5) is 5.69 Å². The molecule has 0 saturated carbocycles. The molecule has 1 amide bonds. The molecule has 0 bridgehead atoms. The topological polar surface area (TPSA) is 71.0 Å². The number of carbonyl (C=O) groups excluding carboxylic acids is 1. The lowest BCUT2D eigenvalue weighted by molar-refractivity contribution is -0.114. The Labute approximate surface area is 205 Å². The fraction of sp³-hybridized carbons (Fsp3) is 0.296. The van der Waals surface area contributed by atoms with Gasteiger partial charge in [-0.3, -0.25) is 9.69 Å². The Kier molecular flexibility index (Phi) is 8.06. The molecule has 3 aromatic carbocycles. The van der Waals surface area contributed by atoms with Gasteiger partial charge < -0.3 is 19.9 Å². The maximum Gasteiger partial charge on any atom is 0.221 e. The highest BCUT2D eigenvalue weighted by Gasteiger charge is 2.25. The molecule has 0 radical (unpaired) electrons. The highest BCUT2D eigenvalue weighted by molar-refractivity contribution is 6.30. The van der Waals surface area contributed by atoms with E-state index in [1.165, 1.54) is 6.92 Å². The van der Waals surface area contributed by atoms with E-state index in [1.807, 2.05) is 72.8 Å². The van der Waals surface area contributed by atoms with Crippen LogP contribution in [0.15, 0.2) is 72.8 Å². The van der Waals surface area contributed by atoms with Crippen LogP contribution in [0.5, 0.6) is 11.5 Å². The zero-order valence-electron chi connectivity index (χ0n) is 19.1. The van der Waals surface area contributed by atoms with Crippen molar-refractivity contribution in [2.24, 2.45) is 0 Å². The number of nitrogens with zero attached hydrogens (tertiary/aromatic N) is 1. The quantitative estimate of drug-likeness (QED) is 0.457. The number of halogens is 1. The molecule has 6 nitrogen and oxygen atoms in total. The number of hydrogen-bond donors (Lipinski definition) is 2. The summed E-state index contributed by atoms with van der Waals surface area (Å²) in [5, 5.41) is 13.9. The fourth-order valence-electron chi connectivity index (χ4n) is 4.03. The van der Waals surface area contributed by atoms with Crippen molar-refractivity contribution in [3.8, 4) is 22.6 Å². The van der Waals surface area contributed by atoms with Gasteiger partial charge in [0.15, 0.2) is 0 Å². The van der Waals surface area contributed by atoms with Crippen molar-refractivity contribution in [1.29, 1.82) is 0 Å². The third-order valence-corrected chi connectivity index (χ3v) is 5.88. The van der Waals surface area contributed by atoms with Crippen LogP contribution in [0.1, 0.15) is 13.3 Å². The number of β-amino-alcohol motifs (C(OH)–C–C–N with tert-alkyl or cyclic N) is 1. The molecule has 1 aliphatic rings. The number of benzene rings is 3. The second kappa shape index (κ2) is 11.4. The van der Waals surface area contributed by atoms with Gasteiger partial charge in [0.2, 0.25) is 5.91 Å². The minimum Gasteiger partial charge on any atom is -0.491 e. The van der Waals surface area contributed by atoms with Gasteiger partial charge in [0.1, 0.15) is 30.3 Å². The van der Waals surface area contributed by atoms with Crippen molar-refractivity contribution in [3.05, 3.63) is 77.8 Å². The molecule has 2 N–H and O–H groups in total. The number of amides is 1. The van der Waals surface area contributed by atoms with E-state index in [-0.39, 0.29) is 18.6 Å². The molecule has 4 rings (SSSR count). The first kappa shape index (κ1) is 24.1. The van der Waals surface area contributed by atoms with Crippen molar-refractivity contribution >= 4 is 23.2 Å². The van der Waals surface area contributed by atoms with Crippen LogP contribution < -0.4 is 14.8 Å². The number of hydrogen-bond acceptors (Lipinski definition) is 5. The maximum absolute atomic E-state index is 11.3. The first-order valence-electron chi connectivity index (χ1n) is 11.4. The molecular formula is C27H29ClN2O4. The third-order valence-electron chi connectivity index (χ3n) is 5.63. The van der Waals surface area contributed by atoms with Gasteiger partial charge >= 0.3 is 0 Å². The van der Waals surface area contributed by atoms with Gasteiger partial charge in [-0.15, -0.1) is 0 Å². The van der Waals surface area contributed by atoms with Crippen LogP contribution >= 0.6 is 11.6 Å². The summed E-state index contributed by atoms with van der Waals surface area (Å²) in [7, 11) is 0. The predicted molar refractivity (Wildman–Crippen MR) is 135 cm³/mol.